The zero-order chi connectivity index (χ0) is 15.5. The van der Waals surface area contributed by atoms with E-state index >= 15 is 0 Å². The monoisotopic (exact) mass is 287 g/mol. The molecule has 1 saturated carbocycles. The smallest absolute Gasteiger partial charge is 0.313 e. The Hall–Kier alpha value is -1.84. The van der Waals surface area contributed by atoms with Crippen molar-refractivity contribution in [1.82, 2.24) is 0 Å². The van der Waals surface area contributed by atoms with E-state index in [9.17, 15) is 9.59 Å². The topological polar surface area (TPSA) is 55.4 Å². The van der Waals surface area contributed by atoms with Crippen molar-refractivity contribution in [3.05, 3.63) is 29.8 Å². The predicted molar refractivity (Wildman–Crippen MR) is 79.8 cm³/mol. The molecule has 3 rings (SSSR count). The first-order chi connectivity index (χ1) is 9.73. The molecule has 0 radical (unpaired) electrons. The van der Waals surface area contributed by atoms with Crippen LogP contribution in [0.5, 0.6) is 0 Å². The van der Waals surface area contributed by atoms with Crippen LogP contribution in [0.15, 0.2) is 24.3 Å². The SMILES string of the molecule is Cc1cccc(NC(=O)[C@]23CC[C@@](C)(C(=O)O2)C3(C)C)c1. The molecule has 1 saturated heterocycles. The Kier molecular flexibility index (Phi) is 2.75. The number of fused-ring (bicyclic) bond motifs is 2. The van der Waals surface area contributed by atoms with Crippen molar-refractivity contribution in [2.45, 2.75) is 46.1 Å². The second-order valence-corrected chi connectivity index (χ2v) is 7.00. The summed E-state index contributed by atoms with van der Waals surface area (Å²) in [7, 11) is 0. The van der Waals surface area contributed by atoms with E-state index in [0.29, 0.717) is 12.8 Å². The number of hydrogen-bond donors (Lipinski definition) is 1. The summed E-state index contributed by atoms with van der Waals surface area (Å²) in [4.78, 5) is 25.0. The van der Waals surface area contributed by atoms with Crippen molar-refractivity contribution in [1.29, 1.82) is 0 Å². The van der Waals surface area contributed by atoms with Crippen molar-refractivity contribution < 1.29 is 14.3 Å². The zero-order valence-corrected chi connectivity index (χ0v) is 12.9. The Morgan fingerprint density at radius 1 is 1.24 bits per heavy atom. The average molecular weight is 287 g/mol. The first-order valence-electron chi connectivity index (χ1n) is 7.34. The Morgan fingerprint density at radius 3 is 2.48 bits per heavy atom. The van der Waals surface area contributed by atoms with Crippen LogP contribution in [0.3, 0.4) is 0 Å². The molecular formula is C17H21NO3. The summed E-state index contributed by atoms with van der Waals surface area (Å²) >= 11 is 0. The number of amides is 1. The van der Waals surface area contributed by atoms with E-state index in [0.717, 1.165) is 11.3 Å². The van der Waals surface area contributed by atoms with Crippen LogP contribution in [0.1, 0.15) is 39.2 Å². The van der Waals surface area contributed by atoms with E-state index in [1.807, 2.05) is 52.0 Å². The summed E-state index contributed by atoms with van der Waals surface area (Å²) < 4.78 is 5.58. The molecule has 2 bridgehead atoms. The number of nitrogens with one attached hydrogen (secondary N) is 1. The quantitative estimate of drug-likeness (QED) is 0.851. The maximum absolute atomic E-state index is 12.8. The number of esters is 1. The molecular weight excluding hydrogens is 266 g/mol. The lowest BCUT2D eigenvalue weighted by atomic mass is 9.66. The lowest BCUT2D eigenvalue weighted by molar-refractivity contribution is -0.165. The first-order valence-corrected chi connectivity index (χ1v) is 7.34. The molecule has 4 nitrogen and oxygen atoms in total. The summed E-state index contributed by atoms with van der Waals surface area (Å²) in [6.07, 6.45) is 1.28. The molecule has 1 aromatic rings. The number of ether oxygens (including phenoxy) is 1. The minimum atomic E-state index is -1.05. The molecule has 0 aromatic heterocycles. The minimum Gasteiger partial charge on any atom is -0.448 e. The average Bonchev–Trinajstić information content (AvgIpc) is 2.69. The number of carbonyl (C=O) groups is 2. The van der Waals surface area contributed by atoms with E-state index in [1.54, 1.807) is 0 Å². The number of carbonyl (C=O) groups excluding carboxylic acids is 2. The molecule has 1 aliphatic carbocycles. The van der Waals surface area contributed by atoms with Crippen LogP contribution in [0.25, 0.3) is 0 Å². The highest BCUT2D eigenvalue weighted by Crippen LogP contribution is 2.65. The van der Waals surface area contributed by atoms with E-state index in [1.165, 1.54) is 0 Å². The van der Waals surface area contributed by atoms with Gasteiger partial charge in [0, 0.05) is 11.1 Å². The van der Waals surface area contributed by atoms with Crippen molar-refractivity contribution in [3.8, 4) is 0 Å². The highest BCUT2D eigenvalue weighted by atomic mass is 16.6. The fraction of sp³-hybridized carbons (Fsp3) is 0.529. The van der Waals surface area contributed by atoms with Crippen LogP contribution in [0.4, 0.5) is 5.69 Å². The van der Waals surface area contributed by atoms with Crippen molar-refractivity contribution in [3.63, 3.8) is 0 Å². The van der Waals surface area contributed by atoms with Crippen LogP contribution in [0, 0.1) is 17.8 Å². The maximum Gasteiger partial charge on any atom is 0.313 e. The highest BCUT2D eigenvalue weighted by Gasteiger charge is 2.75. The predicted octanol–water partition coefficient (Wildman–Crippen LogP) is 3.06. The Balaban J connectivity index is 1.93. The Labute approximate surface area is 124 Å². The molecule has 1 heterocycles. The van der Waals surface area contributed by atoms with Gasteiger partial charge in [0.1, 0.15) is 0 Å². The lowest BCUT2D eigenvalue weighted by Gasteiger charge is -2.35. The third-order valence-electron chi connectivity index (χ3n) is 5.73. The van der Waals surface area contributed by atoms with Crippen LogP contribution in [-0.2, 0) is 14.3 Å². The summed E-state index contributed by atoms with van der Waals surface area (Å²) in [6, 6.07) is 7.62. The molecule has 0 spiro atoms. The fourth-order valence-corrected chi connectivity index (χ4v) is 3.70. The molecule has 1 amide bonds. The van der Waals surface area contributed by atoms with Gasteiger partial charge < -0.3 is 10.1 Å². The van der Waals surface area contributed by atoms with Gasteiger partial charge in [0.25, 0.3) is 5.91 Å². The van der Waals surface area contributed by atoms with Crippen molar-refractivity contribution in [2.24, 2.45) is 10.8 Å². The van der Waals surface area contributed by atoms with E-state index in [2.05, 4.69) is 5.32 Å². The van der Waals surface area contributed by atoms with Crippen LogP contribution in [0.2, 0.25) is 0 Å². The first kappa shape index (κ1) is 14.1. The van der Waals surface area contributed by atoms with Gasteiger partial charge in [0.15, 0.2) is 5.60 Å². The lowest BCUT2D eigenvalue weighted by Crippen LogP contribution is -2.50. The van der Waals surface area contributed by atoms with Gasteiger partial charge in [0.2, 0.25) is 0 Å². The van der Waals surface area contributed by atoms with Gasteiger partial charge >= 0.3 is 5.97 Å². The molecule has 4 heteroatoms. The second kappa shape index (κ2) is 4.09. The number of rotatable bonds is 2. The standard InChI is InChI=1S/C17H21NO3/c1-11-6-5-7-12(10-11)18-13(19)17-9-8-16(4,14(20)21-17)15(17,2)3/h5-7,10H,8-9H2,1-4H3,(H,18,19)/t16-,17-/m0/s1. The summed E-state index contributed by atoms with van der Waals surface area (Å²) in [6.45, 7) is 7.80. The van der Waals surface area contributed by atoms with E-state index in [4.69, 9.17) is 4.74 Å². The molecule has 21 heavy (non-hydrogen) atoms. The van der Waals surface area contributed by atoms with Gasteiger partial charge in [-0.25, -0.2) is 0 Å². The minimum absolute atomic E-state index is 0.215. The van der Waals surface area contributed by atoms with Crippen molar-refractivity contribution in [2.75, 3.05) is 5.32 Å². The van der Waals surface area contributed by atoms with Crippen LogP contribution < -0.4 is 5.32 Å². The van der Waals surface area contributed by atoms with Crippen LogP contribution >= 0.6 is 0 Å². The molecule has 112 valence electrons. The Morgan fingerprint density at radius 2 is 1.95 bits per heavy atom. The largest absolute Gasteiger partial charge is 0.448 e. The second-order valence-electron chi connectivity index (χ2n) is 7.00. The summed E-state index contributed by atoms with van der Waals surface area (Å²) in [5.74, 6) is -0.467. The Bertz CT molecular complexity index is 637. The third kappa shape index (κ3) is 1.62. The molecule has 2 atom stereocenters. The fourth-order valence-electron chi connectivity index (χ4n) is 3.70. The van der Waals surface area contributed by atoms with Crippen molar-refractivity contribution >= 4 is 17.6 Å². The number of hydrogen-bond acceptors (Lipinski definition) is 3. The van der Waals surface area contributed by atoms with Gasteiger partial charge in [0.05, 0.1) is 5.41 Å². The van der Waals surface area contributed by atoms with Gasteiger partial charge in [-0.05, 0) is 44.4 Å². The van der Waals surface area contributed by atoms with E-state index < -0.39 is 16.4 Å². The zero-order valence-electron chi connectivity index (χ0n) is 12.9. The summed E-state index contributed by atoms with van der Waals surface area (Å²) in [5, 5.41) is 2.92. The van der Waals surface area contributed by atoms with Gasteiger partial charge in [-0.1, -0.05) is 26.0 Å². The number of benzene rings is 1. The van der Waals surface area contributed by atoms with Gasteiger partial charge in [-0.2, -0.15) is 0 Å². The van der Waals surface area contributed by atoms with E-state index in [-0.39, 0.29) is 11.9 Å². The number of anilines is 1. The van der Waals surface area contributed by atoms with Gasteiger partial charge in [-0.3, -0.25) is 9.59 Å². The maximum atomic E-state index is 12.8. The summed E-state index contributed by atoms with van der Waals surface area (Å²) in [5.41, 5.74) is -0.323. The molecule has 1 N–H and O–H groups in total. The van der Waals surface area contributed by atoms with Gasteiger partial charge in [-0.15, -0.1) is 0 Å². The highest BCUT2D eigenvalue weighted by molar-refractivity contribution is 6.03. The molecule has 0 unspecified atom stereocenters. The molecule has 1 aliphatic heterocycles. The number of aryl methyl sites for hydroxylation is 1. The third-order valence-corrected chi connectivity index (χ3v) is 5.73. The molecule has 1 aromatic carbocycles. The normalized spacial score (nSPS) is 32.9. The molecule has 2 fully saturated rings. The van der Waals surface area contributed by atoms with Crippen LogP contribution in [-0.4, -0.2) is 17.5 Å². The molecule has 2 aliphatic rings.